The number of rotatable bonds is 4. The van der Waals surface area contributed by atoms with Crippen LogP contribution in [-0.4, -0.2) is 10.1 Å². The van der Waals surface area contributed by atoms with Crippen LogP contribution in [0.4, 0.5) is 0 Å². The molecule has 0 saturated heterocycles. The number of phenols is 1. The molecule has 0 bridgehead atoms. The minimum Gasteiger partial charge on any atom is -0.508 e. The summed E-state index contributed by atoms with van der Waals surface area (Å²) in [5.41, 5.74) is 3.96. The lowest BCUT2D eigenvalue weighted by Gasteiger charge is -2.13. The highest BCUT2D eigenvalue weighted by Gasteiger charge is 2.05. The lowest BCUT2D eigenvalue weighted by molar-refractivity contribution is 0.472. The Kier molecular flexibility index (Phi) is 3.54. The van der Waals surface area contributed by atoms with E-state index in [0.717, 1.165) is 17.8 Å². The number of phenolic OH excluding ortho intramolecular Hbond substituents is 1. The van der Waals surface area contributed by atoms with E-state index in [-0.39, 0.29) is 6.04 Å². The summed E-state index contributed by atoms with van der Waals surface area (Å²) in [5.74, 6) is 0.305. The van der Waals surface area contributed by atoms with Gasteiger partial charge in [0.05, 0.1) is 11.2 Å². The maximum absolute atomic E-state index is 9.38. The van der Waals surface area contributed by atoms with Crippen molar-refractivity contribution in [2.75, 3.05) is 0 Å². The van der Waals surface area contributed by atoms with Gasteiger partial charge in [-0.15, -0.1) is 11.3 Å². The number of hydrogen-bond acceptors (Lipinski definition) is 4. The fourth-order valence-electron chi connectivity index (χ4n) is 1.49. The predicted octanol–water partition coefficient (Wildman–Crippen LogP) is 2.70. The van der Waals surface area contributed by atoms with Crippen molar-refractivity contribution < 1.29 is 5.11 Å². The van der Waals surface area contributed by atoms with Crippen LogP contribution in [0.5, 0.6) is 5.75 Å². The van der Waals surface area contributed by atoms with Crippen molar-refractivity contribution in [3.05, 3.63) is 46.4 Å². The van der Waals surface area contributed by atoms with Crippen molar-refractivity contribution in [3.63, 3.8) is 0 Å². The molecule has 0 radical (unpaired) electrons. The summed E-state index contributed by atoms with van der Waals surface area (Å²) in [6, 6.07) is 7.51. The fourth-order valence-corrected chi connectivity index (χ4v) is 2.05. The van der Waals surface area contributed by atoms with Crippen molar-refractivity contribution in [2.24, 2.45) is 0 Å². The van der Waals surface area contributed by atoms with E-state index in [1.165, 1.54) is 0 Å². The summed E-state index contributed by atoms with van der Waals surface area (Å²) in [6.45, 7) is 2.82. The van der Waals surface area contributed by atoms with Crippen LogP contribution in [0, 0.1) is 0 Å². The molecule has 0 spiro atoms. The van der Waals surface area contributed by atoms with E-state index in [4.69, 9.17) is 0 Å². The Balaban J connectivity index is 1.95. The molecule has 1 unspecified atom stereocenters. The maximum atomic E-state index is 9.38. The fraction of sp³-hybridized carbons (Fsp3) is 0.250. The van der Waals surface area contributed by atoms with Gasteiger partial charge in [0.25, 0.3) is 0 Å². The summed E-state index contributed by atoms with van der Waals surface area (Å²) in [4.78, 5) is 4.21. The van der Waals surface area contributed by atoms with Crippen molar-refractivity contribution in [1.29, 1.82) is 0 Å². The van der Waals surface area contributed by atoms with Crippen LogP contribution in [0.3, 0.4) is 0 Å². The highest BCUT2D eigenvalue weighted by Crippen LogP contribution is 2.18. The van der Waals surface area contributed by atoms with E-state index >= 15 is 0 Å². The number of hydrogen-bond donors (Lipinski definition) is 2. The Morgan fingerprint density at radius 3 is 3.06 bits per heavy atom. The van der Waals surface area contributed by atoms with Gasteiger partial charge >= 0.3 is 0 Å². The lowest BCUT2D eigenvalue weighted by Crippen LogP contribution is -2.18. The third-order valence-electron chi connectivity index (χ3n) is 2.44. The summed E-state index contributed by atoms with van der Waals surface area (Å²) in [6.07, 6.45) is 0. The zero-order valence-corrected chi connectivity index (χ0v) is 9.87. The van der Waals surface area contributed by atoms with E-state index in [9.17, 15) is 5.11 Å². The molecule has 0 saturated carbocycles. The van der Waals surface area contributed by atoms with Crippen molar-refractivity contribution in [2.45, 2.75) is 19.5 Å². The summed E-state index contributed by atoms with van der Waals surface area (Å²) >= 11 is 1.60. The second-order valence-corrected chi connectivity index (χ2v) is 4.40. The zero-order valence-electron chi connectivity index (χ0n) is 9.05. The van der Waals surface area contributed by atoms with Gasteiger partial charge in [-0.3, -0.25) is 0 Å². The first-order valence-electron chi connectivity index (χ1n) is 5.15. The lowest BCUT2D eigenvalue weighted by atomic mass is 10.1. The second kappa shape index (κ2) is 5.09. The molecule has 0 aliphatic heterocycles. The van der Waals surface area contributed by atoms with Crippen LogP contribution in [0.2, 0.25) is 0 Å². The number of thiazole rings is 1. The molecule has 1 heterocycles. The monoisotopic (exact) mass is 234 g/mol. The Labute approximate surface area is 98.8 Å². The first-order chi connectivity index (χ1) is 7.75. The van der Waals surface area contributed by atoms with Crippen molar-refractivity contribution in [1.82, 2.24) is 10.3 Å². The van der Waals surface area contributed by atoms with E-state index in [0.29, 0.717) is 5.75 Å². The minimum absolute atomic E-state index is 0.203. The molecule has 2 rings (SSSR count). The first kappa shape index (κ1) is 11.1. The van der Waals surface area contributed by atoms with Crippen molar-refractivity contribution >= 4 is 11.3 Å². The van der Waals surface area contributed by atoms with Gasteiger partial charge in [0.1, 0.15) is 5.75 Å². The molecular formula is C12H14N2OS. The predicted molar refractivity (Wildman–Crippen MR) is 65.5 cm³/mol. The van der Waals surface area contributed by atoms with Crippen LogP contribution in [0.1, 0.15) is 24.2 Å². The molecule has 16 heavy (non-hydrogen) atoms. The van der Waals surface area contributed by atoms with Crippen LogP contribution in [-0.2, 0) is 6.54 Å². The maximum Gasteiger partial charge on any atom is 0.115 e. The molecule has 3 nitrogen and oxygen atoms in total. The number of aromatic hydroxyl groups is 1. The highest BCUT2D eigenvalue weighted by atomic mass is 32.1. The molecular weight excluding hydrogens is 220 g/mol. The van der Waals surface area contributed by atoms with E-state index in [1.807, 2.05) is 23.0 Å². The van der Waals surface area contributed by atoms with Crippen LogP contribution >= 0.6 is 11.3 Å². The molecule has 0 aliphatic rings. The van der Waals surface area contributed by atoms with Gasteiger partial charge in [-0.1, -0.05) is 12.1 Å². The van der Waals surface area contributed by atoms with Gasteiger partial charge in [0.15, 0.2) is 0 Å². The Morgan fingerprint density at radius 1 is 1.50 bits per heavy atom. The first-order valence-corrected chi connectivity index (χ1v) is 6.09. The molecule has 0 aliphatic carbocycles. The van der Waals surface area contributed by atoms with Crippen LogP contribution in [0.15, 0.2) is 35.2 Å². The molecule has 0 amide bonds. The van der Waals surface area contributed by atoms with Crippen LogP contribution < -0.4 is 5.32 Å². The number of benzene rings is 1. The van der Waals surface area contributed by atoms with Gasteiger partial charge in [-0.05, 0) is 24.6 Å². The molecule has 1 atom stereocenters. The average molecular weight is 234 g/mol. The van der Waals surface area contributed by atoms with E-state index < -0.39 is 0 Å². The van der Waals surface area contributed by atoms with E-state index in [1.54, 1.807) is 23.5 Å². The van der Waals surface area contributed by atoms with Gasteiger partial charge in [-0.25, -0.2) is 4.98 Å². The highest BCUT2D eigenvalue weighted by molar-refractivity contribution is 7.07. The SMILES string of the molecule is CC(NCc1cscn1)c1cccc(O)c1. The standard InChI is InChI=1S/C12H14N2OS/c1-9(10-3-2-4-12(15)5-10)13-6-11-7-16-8-14-11/h2-5,7-9,13,15H,6H2,1H3. The molecule has 1 aromatic carbocycles. The van der Waals surface area contributed by atoms with Crippen molar-refractivity contribution in [3.8, 4) is 5.75 Å². The van der Waals surface area contributed by atoms with Gasteiger partial charge in [0.2, 0.25) is 0 Å². The number of nitrogens with zero attached hydrogens (tertiary/aromatic N) is 1. The molecule has 2 N–H and O–H groups in total. The third kappa shape index (κ3) is 2.81. The normalized spacial score (nSPS) is 12.6. The zero-order chi connectivity index (χ0) is 11.4. The summed E-state index contributed by atoms with van der Waals surface area (Å²) in [5, 5.41) is 14.8. The van der Waals surface area contributed by atoms with Gasteiger partial charge in [-0.2, -0.15) is 0 Å². The summed E-state index contributed by atoms with van der Waals surface area (Å²) < 4.78 is 0. The minimum atomic E-state index is 0.203. The molecule has 0 fully saturated rings. The average Bonchev–Trinajstić information content (AvgIpc) is 2.78. The Hall–Kier alpha value is -1.39. The van der Waals surface area contributed by atoms with Gasteiger partial charge < -0.3 is 10.4 Å². The third-order valence-corrected chi connectivity index (χ3v) is 3.08. The second-order valence-electron chi connectivity index (χ2n) is 3.68. The molecule has 1 aromatic heterocycles. The number of aromatic nitrogens is 1. The largest absolute Gasteiger partial charge is 0.508 e. The van der Waals surface area contributed by atoms with Crippen LogP contribution in [0.25, 0.3) is 0 Å². The topological polar surface area (TPSA) is 45.2 Å². The number of nitrogens with one attached hydrogen (secondary N) is 1. The molecule has 84 valence electrons. The Bertz CT molecular complexity index is 442. The molecule has 2 aromatic rings. The Morgan fingerprint density at radius 2 is 2.38 bits per heavy atom. The van der Waals surface area contributed by atoms with Gasteiger partial charge in [0, 0.05) is 18.0 Å². The molecule has 4 heteroatoms. The quantitative estimate of drug-likeness (QED) is 0.855. The summed E-state index contributed by atoms with van der Waals surface area (Å²) in [7, 11) is 0. The van der Waals surface area contributed by atoms with E-state index in [2.05, 4.69) is 17.2 Å². The smallest absolute Gasteiger partial charge is 0.115 e.